The molecule has 0 spiro atoms. The van der Waals surface area contributed by atoms with Gasteiger partial charge in [-0.1, -0.05) is 117 Å². The van der Waals surface area contributed by atoms with Crippen LogP contribution in [0.1, 0.15) is 25.0 Å². The minimum atomic E-state index is -0.201. The molecule has 0 N–H and O–H groups in total. The lowest BCUT2D eigenvalue weighted by molar-refractivity contribution is 0.618. The van der Waals surface area contributed by atoms with Gasteiger partial charge >= 0.3 is 0 Å². The van der Waals surface area contributed by atoms with E-state index >= 15 is 0 Å². The van der Waals surface area contributed by atoms with Crippen molar-refractivity contribution in [2.24, 2.45) is 0 Å². The van der Waals surface area contributed by atoms with Gasteiger partial charge in [-0.2, -0.15) is 0 Å². The number of para-hydroxylation sites is 2. The average molecular weight is 564 g/mol. The molecule has 9 rings (SSSR count). The van der Waals surface area contributed by atoms with E-state index in [1.54, 1.807) is 0 Å². The molecule has 2 heteroatoms. The van der Waals surface area contributed by atoms with Crippen molar-refractivity contribution in [3.63, 3.8) is 0 Å². The van der Waals surface area contributed by atoms with Gasteiger partial charge in [-0.05, 0) is 102 Å². The first-order valence-electron chi connectivity index (χ1n) is 15.2. The van der Waals surface area contributed by atoms with Gasteiger partial charge in [0.05, 0.1) is 0 Å². The van der Waals surface area contributed by atoms with E-state index in [1.165, 1.54) is 66.1 Å². The van der Waals surface area contributed by atoms with Crippen molar-refractivity contribution in [3.05, 3.63) is 151 Å². The minimum Gasteiger partial charge on any atom is -0.436 e. The van der Waals surface area contributed by atoms with Gasteiger partial charge in [0.15, 0.2) is 5.58 Å². The highest BCUT2D eigenvalue weighted by Crippen LogP contribution is 2.53. The number of nitrogens with zero attached hydrogens (tertiary/aromatic N) is 1. The highest BCUT2D eigenvalue weighted by atomic mass is 16.3. The van der Waals surface area contributed by atoms with Crippen molar-refractivity contribution < 1.29 is 4.42 Å². The molecular weight excluding hydrogens is 534 g/mol. The lowest BCUT2D eigenvalue weighted by atomic mass is 9.79. The van der Waals surface area contributed by atoms with Crippen LogP contribution in [0.3, 0.4) is 0 Å². The predicted octanol–water partition coefficient (Wildman–Crippen LogP) is 11.4. The van der Waals surface area contributed by atoms with Gasteiger partial charge in [-0.25, -0.2) is 4.98 Å². The molecule has 0 aliphatic heterocycles. The molecule has 7 aromatic carbocycles. The van der Waals surface area contributed by atoms with Gasteiger partial charge in [-0.3, -0.25) is 0 Å². The van der Waals surface area contributed by atoms with E-state index in [0.717, 1.165) is 16.7 Å². The maximum atomic E-state index is 6.18. The zero-order valence-corrected chi connectivity index (χ0v) is 24.6. The fourth-order valence-electron chi connectivity index (χ4n) is 7.36. The summed E-state index contributed by atoms with van der Waals surface area (Å²) >= 11 is 0. The lowest BCUT2D eigenvalue weighted by Gasteiger charge is -2.24. The molecule has 1 aromatic heterocycles. The van der Waals surface area contributed by atoms with E-state index in [-0.39, 0.29) is 5.41 Å². The first kappa shape index (κ1) is 25.1. The summed E-state index contributed by atoms with van der Waals surface area (Å²) in [7, 11) is 0. The highest BCUT2D eigenvalue weighted by molar-refractivity contribution is 6.22. The van der Waals surface area contributed by atoms with Crippen LogP contribution in [0.4, 0.5) is 0 Å². The van der Waals surface area contributed by atoms with E-state index in [2.05, 4.69) is 129 Å². The van der Waals surface area contributed by atoms with E-state index in [0.29, 0.717) is 5.89 Å². The van der Waals surface area contributed by atoms with Crippen LogP contribution in [0.15, 0.2) is 144 Å². The second-order valence-corrected chi connectivity index (χ2v) is 12.3. The summed E-state index contributed by atoms with van der Waals surface area (Å²) in [5, 5.41) is 5.11. The topological polar surface area (TPSA) is 26.0 Å². The molecule has 0 bridgehead atoms. The molecule has 0 fully saturated rings. The number of hydrogen-bond donors (Lipinski definition) is 0. The summed E-state index contributed by atoms with van der Waals surface area (Å²) in [6.45, 7) is 4.70. The zero-order valence-electron chi connectivity index (χ0n) is 24.6. The molecule has 1 aliphatic carbocycles. The smallest absolute Gasteiger partial charge is 0.227 e. The second kappa shape index (κ2) is 9.26. The molecule has 0 saturated carbocycles. The Morgan fingerprint density at radius 2 is 1.05 bits per heavy atom. The Labute approximate surface area is 256 Å². The van der Waals surface area contributed by atoms with Crippen LogP contribution in [0.25, 0.3) is 77.5 Å². The summed E-state index contributed by atoms with van der Waals surface area (Å²) in [6.07, 6.45) is 0. The maximum Gasteiger partial charge on any atom is 0.227 e. The summed E-state index contributed by atoms with van der Waals surface area (Å²) in [6, 6.07) is 50.2. The number of rotatable bonds is 3. The third-order valence-corrected chi connectivity index (χ3v) is 9.48. The fraction of sp³-hybridized carbons (Fsp3) is 0.0714. The monoisotopic (exact) mass is 563 g/mol. The van der Waals surface area contributed by atoms with Crippen LogP contribution >= 0.6 is 0 Å². The predicted molar refractivity (Wildman–Crippen MR) is 183 cm³/mol. The van der Waals surface area contributed by atoms with E-state index in [1.807, 2.05) is 24.3 Å². The van der Waals surface area contributed by atoms with Crippen molar-refractivity contribution in [2.75, 3.05) is 0 Å². The van der Waals surface area contributed by atoms with Gasteiger partial charge in [0.1, 0.15) is 5.52 Å². The third kappa shape index (κ3) is 3.58. The normalized spacial score (nSPS) is 13.4. The molecule has 0 saturated heterocycles. The van der Waals surface area contributed by atoms with Crippen LogP contribution in [0.2, 0.25) is 0 Å². The second-order valence-electron chi connectivity index (χ2n) is 12.3. The standard InChI is InChI=1S/C42H29NO/c1-42(2)35-23-28(41-43-37-19-11-12-20-38(37)44-41)21-22-29(35)32-24-33-34(25-36(32)42)40(27-15-7-4-8-16-27)31-18-10-9-17-30(31)39(33)26-13-5-3-6-14-26/h3-25H,1-2H3. The van der Waals surface area contributed by atoms with Gasteiger partial charge < -0.3 is 4.42 Å². The van der Waals surface area contributed by atoms with Crippen molar-refractivity contribution in [2.45, 2.75) is 19.3 Å². The van der Waals surface area contributed by atoms with Gasteiger partial charge in [0.25, 0.3) is 0 Å². The van der Waals surface area contributed by atoms with Crippen LogP contribution < -0.4 is 0 Å². The van der Waals surface area contributed by atoms with E-state index in [9.17, 15) is 0 Å². The molecule has 2 nitrogen and oxygen atoms in total. The zero-order chi connectivity index (χ0) is 29.4. The van der Waals surface area contributed by atoms with Crippen molar-refractivity contribution in [3.8, 4) is 44.8 Å². The van der Waals surface area contributed by atoms with Crippen molar-refractivity contribution in [1.82, 2.24) is 4.98 Å². The Hall–Kier alpha value is -5.47. The number of aromatic nitrogens is 1. The molecule has 1 heterocycles. The number of oxazole rings is 1. The van der Waals surface area contributed by atoms with Crippen molar-refractivity contribution in [1.29, 1.82) is 0 Å². The molecule has 0 unspecified atom stereocenters. The Kier molecular flexibility index (Phi) is 5.28. The highest BCUT2D eigenvalue weighted by Gasteiger charge is 2.37. The van der Waals surface area contributed by atoms with Gasteiger partial charge in [0.2, 0.25) is 5.89 Å². The number of hydrogen-bond acceptors (Lipinski definition) is 2. The Morgan fingerprint density at radius 1 is 0.477 bits per heavy atom. The molecule has 44 heavy (non-hydrogen) atoms. The van der Waals surface area contributed by atoms with Gasteiger partial charge in [-0.15, -0.1) is 0 Å². The summed E-state index contributed by atoms with van der Waals surface area (Å²) in [5.41, 5.74) is 12.8. The molecule has 208 valence electrons. The summed E-state index contributed by atoms with van der Waals surface area (Å²) in [4.78, 5) is 4.81. The van der Waals surface area contributed by atoms with E-state index < -0.39 is 0 Å². The SMILES string of the molecule is CC1(C)c2cc(-c3nc4ccccc4o3)ccc2-c2cc3c(-c4ccccc4)c4ccccc4c(-c4ccccc4)c3cc21. The molecule has 0 atom stereocenters. The van der Waals surface area contributed by atoms with Crippen molar-refractivity contribution >= 4 is 32.6 Å². The Bertz CT molecular complexity index is 2360. The van der Waals surface area contributed by atoms with Crippen LogP contribution in [0.5, 0.6) is 0 Å². The summed E-state index contributed by atoms with van der Waals surface area (Å²) < 4.78 is 6.18. The first-order valence-corrected chi connectivity index (χ1v) is 15.2. The lowest BCUT2D eigenvalue weighted by Crippen LogP contribution is -2.15. The van der Waals surface area contributed by atoms with E-state index in [4.69, 9.17) is 9.40 Å². The quantitative estimate of drug-likeness (QED) is 0.200. The Morgan fingerprint density at radius 3 is 1.70 bits per heavy atom. The molecule has 1 aliphatic rings. The molecular formula is C42H29NO. The largest absolute Gasteiger partial charge is 0.436 e. The molecule has 0 radical (unpaired) electrons. The number of fused-ring (bicyclic) bond motifs is 6. The average Bonchev–Trinajstić information content (AvgIpc) is 3.60. The molecule has 8 aromatic rings. The van der Waals surface area contributed by atoms with Gasteiger partial charge in [0, 0.05) is 11.0 Å². The van der Waals surface area contributed by atoms with Crippen LogP contribution in [0, 0.1) is 0 Å². The minimum absolute atomic E-state index is 0.201. The third-order valence-electron chi connectivity index (χ3n) is 9.48. The fourth-order valence-corrected chi connectivity index (χ4v) is 7.36. The maximum absolute atomic E-state index is 6.18. The molecule has 0 amide bonds. The number of benzene rings is 7. The first-order chi connectivity index (χ1) is 21.6. The summed E-state index contributed by atoms with van der Waals surface area (Å²) in [5.74, 6) is 0.662. The van der Waals surface area contributed by atoms with Crippen LogP contribution in [-0.4, -0.2) is 4.98 Å². The Balaban J connectivity index is 1.36. The van der Waals surface area contributed by atoms with Crippen LogP contribution in [-0.2, 0) is 5.41 Å².